The Morgan fingerprint density at radius 2 is 1.73 bits per heavy atom. The van der Waals surface area contributed by atoms with Crippen molar-refractivity contribution in [1.29, 1.82) is 0 Å². The van der Waals surface area contributed by atoms with Crippen molar-refractivity contribution < 1.29 is 14.7 Å². The summed E-state index contributed by atoms with van der Waals surface area (Å²) in [5.74, 6) is 5.95. The maximum absolute atomic E-state index is 13.1. The molecule has 0 spiro atoms. The number of phenolic OH excluding ortho intramolecular Hbond substituents is 1. The lowest BCUT2D eigenvalue weighted by molar-refractivity contribution is 0.0608. The Balaban J connectivity index is 1.34. The number of fused-ring (bicyclic) bond motifs is 1. The second-order valence-corrected chi connectivity index (χ2v) is 9.64. The predicted octanol–water partition coefficient (Wildman–Crippen LogP) is 6.64. The molecule has 0 atom stereocenters. The number of aromatic hydroxyl groups is 1. The topological polar surface area (TPSA) is 82.9 Å². The zero-order valence-electron chi connectivity index (χ0n) is 21.9. The number of carbonyl (C=O) groups is 2. The highest BCUT2D eigenvalue weighted by Gasteiger charge is 2.32. The average molecular weight is 524 g/mol. The van der Waals surface area contributed by atoms with Crippen molar-refractivity contribution in [3.63, 3.8) is 0 Å². The fraction of sp³-hybridized carbons (Fsp3) is 0.118. The van der Waals surface area contributed by atoms with Gasteiger partial charge in [0.05, 0.1) is 11.2 Å². The molecule has 6 heteroatoms. The van der Waals surface area contributed by atoms with Gasteiger partial charge in [-0.3, -0.25) is 24.5 Å². The molecule has 1 aliphatic heterocycles. The molecule has 6 rings (SSSR count). The highest BCUT2D eigenvalue weighted by atomic mass is 16.3. The summed E-state index contributed by atoms with van der Waals surface area (Å²) in [6.45, 7) is 2.44. The van der Waals surface area contributed by atoms with Gasteiger partial charge in [0.15, 0.2) is 0 Å². The van der Waals surface area contributed by atoms with E-state index < -0.39 is 0 Å². The molecule has 4 aromatic carbocycles. The standard InChI is InChI=1S/C34H25N3O3/c1-2-3-19-37-33(39)27-10-5-9-26-23(15-16-28(31(26)27)34(37)40)14-12-22-13-17-30(38)25(20-22)21-36-29-11-4-7-24-8-6-18-35-32(24)29/h4-11,13,15-18,20-21,38H,2-3,19H2,1H3. The molecule has 0 aliphatic carbocycles. The number of amides is 2. The van der Waals surface area contributed by atoms with Crippen LogP contribution in [-0.4, -0.2) is 39.6 Å². The van der Waals surface area contributed by atoms with Crippen LogP contribution in [0.3, 0.4) is 0 Å². The molecule has 0 saturated carbocycles. The number of rotatable bonds is 5. The van der Waals surface area contributed by atoms with Crippen LogP contribution in [0.15, 0.2) is 90.1 Å². The zero-order valence-corrected chi connectivity index (χ0v) is 21.9. The van der Waals surface area contributed by atoms with Gasteiger partial charge in [0.25, 0.3) is 11.8 Å². The number of aliphatic imine (C=N–C) groups is 1. The molecular formula is C34H25N3O3. The van der Waals surface area contributed by atoms with Crippen LogP contribution in [0.4, 0.5) is 5.69 Å². The van der Waals surface area contributed by atoms with E-state index in [1.165, 1.54) is 4.90 Å². The Morgan fingerprint density at radius 3 is 2.58 bits per heavy atom. The van der Waals surface area contributed by atoms with Crippen LogP contribution in [0.2, 0.25) is 0 Å². The Labute approximate surface area is 231 Å². The molecule has 0 radical (unpaired) electrons. The van der Waals surface area contributed by atoms with Gasteiger partial charge in [0.1, 0.15) is 5.75 Å². The van der Waals surface area contributed by atoms with Crippen molar-refractivity contribution in [2.75, 3.05) is 6.54 Å². The molecule has 6 nitrogen and oxygen atoms in total. The summed E-state index contributed by atoms with van der Waals surface area (Å²) < 4.78 is 0. The second-order valence-electron chi connectivity index (χ2n) is 9.64. The summed E-state index contributed by atoms with van der Waals surface area (Å²) in [7, 11) is 0. The van der Waals surface area contributed by atoms with Gasteiger partial charge in [-0.2, -0.15) is 0 Å². The van der Waals surface area contributed by atoms with E-state index in [0.717, 1.165) is 29.1 Å². The van der Waals surface area contributed by atoms with E-state index in [9.17, 15) is 14.7 Å². The fourth-order valence-corrected chi connectivity index (χ4v) is 4.98. The fourth-order valence-electron chi connectivity index (χ4n) is 4.98. The monoisotopic (exact) mass is 523 g/mol. The average Bonchev–Trinajstić information content (AvgIpc) is 2.99. The molecule has 40 heavy (non-hydrogen) atoms. The Morgan fingerprint density at radius 1 is 0.925 bits per heavy atom. The van der Waals surface area contributed by atoms with Crippen LogP contribution in [0.25, 0.3) is 21.7 Å². The highest BCUT2D eigenvalue weighted by molar-refractivity contribution is 6.26. The number of benzene rings is 4. The molecule has 2 heterocycles. The molecule has 0 unspecified atom stereocenters. The Bertz CT molecular complexity index is 1890. The largest absolute Gasteiger partial charge is 0.507 e. The zero-order chi connectivity index (χ0) is 27.6. The number of carbonyl (C=O) groups excluding carboxylic acids is 2. The summed E-state index contributed by atoms with van der Waals surface area (Å²) in [5.41, 5.74) is 4.47. The van der Waals surface area contributed by atoms with Gasteiger partial charge in [0, 0.05) is 57.5 Å². The smallest absolute Gasteiger partial charge is 0.261 e. The van der Waals surface area contributed by atoms with E-state index in [1.807, 2.05) is 55.5 Å². The second kappa shape index (κ2) is 10.5. The first-order valence-corrected chi connectivity index (χ1v) is 13.2. The van der Waals surface area contributed by atoms with Gasteiger partial charge in [-0.1, -0.05) is 55.5 Å². The lowest BCUT2D eigenvalue weighted by Crippen LogP contribution is -2.40. The van der Waals surface area contributed by atoms with Gasteiger partial charge in [-0.25, -0.2) is 0 Å². The molecular weight excluding hydrogens is 498 g/mol. The van der Waals surface area contributed by atoms with Gasteiger partial charge < -0.3 is 5.11 Å². The lowest BCUT2D eigenvalue weighted by Gasteiger charge is -2.27. The maximum atomic E-state index is 13.1. The van der Waals surface area contributed by atoms with Crippen LogP contribution in [0.1, 0.15) is 57.2 Å². The quantitative estimate of drug-likeness (QED) is 0.159. The van der Waals surface area contributed by atoms with Crippen molar-refractivity contribution in [2.24, 2.45) is 4.99 Å². The van der Waals surface area contributed by atoms with Crippen LogP contribution in [-0.2, 0) is 0 Å². The number of imide groups is 1. The molecule has 1 aliphatic rings. The number of nitrogens with zero attached hydrogens (tertiary/aromatic N) is 3. The number of hydrogen-bond donors (Lipinski definition) is 1. The Kier molecular flexibility index (Phi) is 6.55. The normalized spacial score (nSPS) is 12.8. The minimum atomic E-state index is -0.259. The first-order valence-electron chi connectivity index (χ1n) is 13.2. The van der Waals surface area contributed by atoms with Crippen molar-refractivity contribution >= 4 is 45.4 Å². The third-order valence-corrected chi connectivity index (χ3v) is 7.05. The molecule has 1 N–H and O–H groups in total. The molecule has 0 bridgehead atoms. The summed E-state index contributed by atoms with van der Waals surface area (Å²) >= 11 is 0. The van der Waals surface area contributed by atoms with Gasteiger partial charge in [-0.15, -0.1) is 0 Å². The van der Waals surface area contributed by atoms with Crippen LogP contribution in [0, 0.1) is 11.8 Å². The summed E-state index contributed by atoms with van der Waals surface area (Å²) in [5, 5.41) is 12.9. The number of aromatic nitrogens is 1. The van der Waals surface area contributed by atoms with Crippen LogP contribution in [0.5, 0.6) is 5.75 Å². The van der Waals surface area contributed by atoms with Gasteiger partial charge >= 0.3 is 0 Å². The Hall–Kier alpha value is -5.28. The van der Waals surface area contributed by atoms with E-state index >= 15 is 0 Å². The molecule has 1 aromatic heterocycles. The first kappa shape index (κ1) is 25.0. The molecule has 194 valence electrons. The SMILES string of the molecule is CCCCN1C(=O)c2cccc3c(C#Cc4ccc(O)c(C=Nc5cccc6cccnc56)c4)ccc(c23)C1=O. The van der Waals surface area contributed by atoms with E-state index in [0.29, 0.717) is 45.4 Å². The lowest BCUT2D eigenvalue weighted by atomic mass is 9.91. The van der Waals surface area contributed by atoms with E-state index in [2.05, 4.69) is 21.8 Å². The molecule has 2 amide bonds. The highest BCUT2D eigenvalue weighted by Crippen LogP contribution is 2.32. The van der Waals surface area contributed by atoms with Crippen molar-refractivity contribution in [1.82, 2.24) is 9.88 Å². The first-order chi connectivity index (χ1) is 19.5. The predicted molar refractivity (Wildman–Crippen MR) is 157 cm³/mol. The van der Waals surface area contributed by atoms with Crippen molar-refractivity contribution in [3.05, 3.63) is 113 Å². The number of phenols is 1. The minimum Gasteiger partial charge on any atom is -0.507 e. The molecule has 5 aromatic rings. The number of para-hydroxylation sites is 1. The van der Waals surface area contributed by atoms with E-state index in [-0.39, 0.29) is 17.6 Å². The van der Waals surface area contributed by atoms with Crippen LogP contribution < -0.4 is 0 Å². The number of hydrogen-bond acceptors (Lipinski definition) is 5. The summed E-state index contributed by atoms with van der Waals surface area (Å²) in [6, 6.07) is 23.8. The summed E-state index contributed by atoms with van der Waals surface area (Å²) in [6.07, 6.45) is 5.00. The summed E-state index contributed by atoms with van der Waals surface area (Å²) in [4.78, 5) is 36.6. The molecule has 0 fully saturated rings. The van der Waals surface area contributed by atoms with Gasteiger partial charge in [-0.05, 0) is 60.3 Å². The molecule has 0 saturated heterocycles. The van der Waals surface area contributed by atoms with Crippen molar-refractivity contribution in [2.45, 2.75) is 19.8 Å². The number of pyridine rings is 1. The minimum absolute atomic E-state index is 0.0914. The maximum Gasteiger partial charge on any atom is 0.261 e. The van der Waals surface area contributed by atoms with Crippen molar-refractivity contribution in [3.8, 4) is 17.6 Å². The van der Waals surface area contributed by atoms with E-state index in [4.69, 9.17) is 0 Å². The number of unbranched alkanes of at least 4 members (excludes halogenated alkanes) is 1. The van der Waals surface area contributed by atoms with E-state index in [1.54, 1.807) is 42.7 Å². The van der Waals surface area contributed by atoms with Crippen LogP contribution >= 0.6 is 0 Å². The van der Waals surface area contributed by atoms with Gasteiger partial charge in [0.2, 0.25) is 0 Å². The third kappa shape index (κ3) is 4.48. The third-order valence-electron chi connectivity index (χ3n) is 7.05.